The molecule has 0 aliphatic heterocycles. The van der Waals surface area contributed by atoms with Gasteiger partial charge >= 0.3 is 0 Å². The maximum atomic E-state index is 12.3. The molecule has 1 aromatic heterocycles. The topological polar surface area (TPSA) is 50.2 Å². The van der Waals surface area contributed by atoms with E-state index in [1.165, 1.54) is 0 Å². The summed E-state index contributed by atoms with van der Waals surface area (Å²) in [5.74, 6) is -0.0224. The van der Waals surface area contributed by atoms with Crippen LogP contribution in [-0.2, 0) is 12.0 Å². The Balaban J connectivity index is 2.89. The Kier molecular flexibility index (Phi) is 5.74. The minimum absolute atomic E-state index is 0.0224. The van der Waals surface area contributed by atoms with E-state index in [0.29, 0.717) is 12.1 Å². The lowest BCUT2D eigenvalue weighted by Crippen LogP contribution is -2.32. The van der Waals surface area contributed by atoms with Crippen LogP contribution in [0.3, 0.4) is 0 Å². The van der Waals surface area contributed by atoms with E-state index in [9.17, 15) is 4.79 Å². The lowest BCUT2D eigenvalue weighted by molar-refractivity contribution is 0.0949. The van der Waals surface area contributed by atoms with Gasteiger partial charge in [0.25, 0.3) is 5.91 Å². The average Bonchev–Trinajstić information content (AvgIpc) is 2.72. The quantitative estimate of drug-likeness (QED) is 0.865. The van der Waals surface area contributed by atoms with Crippen molar-refractivity contribution in [2.45, 2.75) is 46.1 Å². The van der Waals surface area contributed by atoms with Crippen molar-refractivity contribution in [2.75, 3.05) is 27.2 Å². The van der Waals surface area contributed by atoms with Crippen LogP contribution in [0.2, 0.25) is 0 Å². The van der Waals surface area contributed by atoms with Crippen molar-refractivity contribution in [1.29, 1.82) is 0 Å². The van der Waals surface area contributed by atoms with Gasteiger partial charge in [0.1, 0.15) is 0 Å². The van der Waals surface area contributed by atoms with E-state index in [1.807, 2.05) is 23.7 Å². The first kappa shape index (κ1) is 16.7. The molecule has 5 heteroatoms. The zero-order valence-corrected chi connectivity index (χ0v) is 13.7. The summed E-state index contributed by atoms with van der Waals surface area (Å²) in [4.78, 5) is 14.3. The number of hydrogen-bond donors (Lipinski definition) is 1. The Morgan fingerprint density at radius 2 is 2.05 bits per heavy atom. The lowest BCUT2D eigenvalue weighted by Gasteiger charge is -2.22. The first-order chi connectivity index (χ1) is 9.27. The molecule has 0 atom stereocenters. The van der Waals surface area contributed by atoms with Gasteiger partial charge in [-0.3, -0.25) is 9.48 Å². The number of amides is 1. The molecule has 0 bridgehead atoms. The number of likely N-dealkylation sites (N-methyl/N-ethyl adjacent to an activating group) is 1. The predicted molar refractivity (Wildman–Crippen MR) is 82.1 cm³/mol. The SMILES string of the molecule is CCCc1c(C(=O)NCCN(C)C)cnn1C(C)(C)C. The standard InChI is InChI=1S/C15H28N4O/c1-7-8-13-12(11-17-19(13)15(2,3)4)14(20)16-9-10-18(5)6/h11H,7-10H2,1-6H3,(H,16,20). The van der Waals surface area contributed by atoms with E-state index < -0.39 is 0 Å². The molecule has 0 saturated heterocycles. The maximum absolute atomic E-state index is 12.3. The fourth-order valence-corrected chi connectivity index (χ4v) is 2.11. The largest absolute Gasteiger partial charge is 0.351 e. The lowest BCUT2D eigenvalue weighted by atomic mass is 10.1. The van der Waals surface area contributed by atoms with Gasteiger partial charge < -0.3 is 10.2 Å². The van der Waals surface area contributed by atoms with Gasteiger partial charge in [-0.05, 0) is 41.3 Å². The van der Waals surface area contributed by atoms with Gasteiger partial charge in [0, 0.05) is 13.1 Å². The fourth-order valence-electron chi connectivity index (χ4n) is 2.11. The second-order valence-electron chi connectivity index (χ2n) is 6.40. The van der Waals surface area contributed by atoms with E-state index in [-0.39, 0.29) is 11.4 Å². The van der Waals surface area contributed by atoms with Gasteiger partial charge in [0.05, 0.1) is 23.0 Å². The number of carbonyl (C=O) groups is 1. The molecule has 0 unspecified atom stereocenters. The molecule has 0 aromatic carbocycles. The molecule has 0 aliphatic carbocycles. The summed E-state index contributed by atoms with van der Waals surface area (Å²) in [7, 11) is 3.98. The van der Waals surface area contributed by atoms with Crippen LogP contribution in [0, 0.1) is 0 Å². The molecule has 0 spiro atoms. The highest BCUT2D eigenvalue weighted by Crippen LogP contribution is 2.20. The first-order valence-corrected chi connectivity index (χ1v) is 7.27. The van der Waals surface area contributed by atoms with E-state index >= 15 is 0 Å². The molecule has 20 heavy (non-hydrogen) atoms. The molecule has 0 radical (unpaired) electrons. The summed E-state index contributed by atoms with van der Waals surface area (Å²) in [6.45, 7) is 9.92. The number of nitrogens with zero attached hydrogens (tertiary/aromatic N) is 3. The molecular formula is C15H28N4O. The van der Waals surface area contributed by atoms with Crippen molar-refractivity contribution in [3.8, 4) is 0 Å². The summed E-state index contributed by atoms with van der Waals surface area (Å²) >= 11 is 0. The molecule has 114 valence electrons. The highest BCUT2D eigenvalue weighted by Gasteiger charge is 2.23. The Morgan fingerprint density at radius 1 is 1.40 bits per heavy atom. The summed E-state index contributed by atoms with van der Waals surface area (Å²) in [6.07, 6.45) is 3.56. The van der Waals surface area contributed by atoms with Gasteiger partial charge in [0.15, 0.2) is 0 Å². The molecule has 1 amide bonds. The van der Waals surface area contributed by atoms with Crippen LogP contribution >= 0.6 is 0 Å². The van der Waals surface area contributed by atoms with Crippen molar-refractivity contribution in [2.24, 2.45) is 0 Å². The highest BCUT2D eigenvalue weighted by molar-refractivity contribution is 5.95. The molecular weight excluding hydrogens is 252 g/mol. The summed E-state index contributed by atoms with van der Waals surface area (Å²) in [5.41, 5.74) is 1.63. The van der Waals surface area contributed by atoms with Crippen molar-refractivity contribution < 1.29 is 4.79 Å². The van der Waals surface area contributed by atoms with Crippen LogP contribution in [0.25, 0.3) is 0 Å². The third kappa shape index (κ3) is 4.34. The predicted octanol–water partition coefficient (Wildman–Crippen LogP) is 1.88. The monoisotopic (exact) mass is 280 g/mol. The Morgan fingerprint density at radius 3 is 2.55 bits per heavy atom. The molecule has 0 aliphatic rings. The third-order valence-electron chi connectivity index (χ3n) is 3.08. The summed E-state index contributed by atoms with van der Waals surface area (Å²) in [6, 6.07) is 0. The molecule has 1 N–H and O–H groups in total. The normalized spacial score (nSPS) is 11.9. The van der Waals surface area contributed by atoms with E-state index in [2.05, 4.69) is 38.1 Å². The zero-order valence-electron chi connectivity index (χ0n) is 13.7. The minimum atomic E-state index is -0.104. The van der Waals surface area contributed by atoms with Crippen LogP contribution in [0.15, 0.2) is 6.20 Å². The number of aromatic nitrogens is 2. The van der Waals surface area contributed by atoms with Crippen LogP contribution in [0.1, 0.15) is 50.2 Å². The van der Waals surface area contributed by atoms with Crippen LogP contribution in [0.5, 0.6) is 0 Å². The fraction of sp³-hybridized carbons (Fsp3) is 0.733. The van der Waals surface area contributed by atoms with Crippen molar-refractivity contribution in [3.05, 3.63) is 17.5 Å². The zero-order chi connectivity index (χ0) is 15.3. The van der Waals surface area contributed by atoms with Crippen molar-refractivity contribution in [1.82, 2.24) is 20.0 Å². The summed E-state index contributed by atoms with van der Waals surface area (Å²) in [5, 5.41) is 7.38. The highest BCUT2D eigenvalue weighted by atomic mass is 16.1. The van der Waals surface area contributed by atoms with Crippen LogP contribution in [-0.4, -0.2) is 47.8 Å². The Labute approximate surface area is 122 Å². The second kappa shape index (κ2) is 6.88. The Hall–Kier alpha value is -1.36. The van der Waals surface area contributed by atoms with Crippen molar-refractivity contribution >= 4 is 5.91 Å². The van der Waals surface area contributed by atoms with Crippen molar-refractivity contribution in [3.63, 3.8) is 0 Å². The molecule has 0 fully saturated rings. The van der Waals surface area contributed by atoms with Gasteiger partial charge in [0.2, 0.25) is 0 Å². The molecule has 0 saturated carbocycles. The van der Waals surface area contributed by atoms with Gasteiger partial charge in [-0.1, -0.05) is 13.3 Å². The molecule has 1 aromatic rings. The molecule has 1 heterocycles. The van der Waals surface area contributed by atoms with Gasteiger partial charge in [-0.2, -0.15) is 5.10 Å². The summed E-state index contributed by atoms with van der Waals surface area (Å²) < 4.78 is 1.97. The third-order valence-corrected chi connectivity index (χ3v) is 3.08. The van der Waals surface area contributed by atoms with Crippen LogP contribution in [0.4, 0.5) is 0 Å². The molecule has 5 nitrogen and oxygen atoms in total. The number of carbonyl (C=O) groups excluding carboxylic acids is 1. The molecule has 1 rings (SSSR count). The van der Waals surface area contributed by atoms with E-state index in [1.54, 1.807) is 6.20 Å². The number of nitrogens with one attached hydrogen (secondary N) is 1. The van der Waals surface area contributed by atoms with Gasteiger partial charge in [-0.15, -0.1) is 0 Å². The second-order valence-corrected chi connectivity index (χ2v) is 6.40. The number of rotatable bonds is 6. The minimum Gasteiger partial charge on any atom is -0.351 e. The maximum Gasteiger partial charge on any atom is 0.254 e. The van der Waals surface area contributed by atoms with E-state index in [0.717, 1.165) is 25.1 Å². The van der Waals surface area contributed by atoms with E-state index in [4.69, 9.17) is 0 Å². The first-order valence-electron chi connectivity index (χ1n) is 7.27. The smallest absolute Gasteiger partial charge is 0.254 e. The number of hydrogen-bond acceptors (Lipinski definition) is 3. The average molecular weight is 280 g/mol. The van der Waals surface area contributed by atoms with Crippen LogP contribution < -0.4 is 5.32 Å². The van der Waals surface area contributed by atoms with Gasteiger partial charge in [-0.25, -0.2) is 0 Å². The Bertz CT molecular complexity index is 443.